The van der Waals surface area contributed by atoms with E-state index in [1.807, 2.05) is 22.6 Å². The van der Waals surface area contributed by atoms with Crippen molar-refractivity contribution in [3.05, 3.63) is 90.0 Å². The maximum atomic E-state index is 12.1. The quantitative estimate of drug-likeness (QED) is 0.142. The number of nitrogens with zero attached hydrogens (tertiary/aromatic N) is 5. The van der Waals surface area contributed by atoms with Crippen LogP contribution in [0.25, 0.3) is 0 Å². The number of hydrazine groups is 2. The standard InChI is InChI=1S/C19H13IN6O10S2/c20-11-1-3-12(4-2-11)23-21-19(15-7-6-14(37(31,32)33)10-18(15)38(34,35)36)22-24(23)16-8-5-13(25(27)28)9-17(16)26(29)30/h1-10H,(H,21,22)(H,31,32,33)(H,34,35,36). The zero-order valence-electron chi connectivity index (χ0n) is 18.4. The molecule has 0 radical (unpaired) electrons. The predicted octanol–water partition coefficient (Wildman–Crippen LogP) is 2.71. The van der Waals surface area contributed by atoms with Gasteiger partial charge in [-0.05, 0) is 71.1 Å². The average Bonchev–Trinajstić information content (AvgIpc) is 3.27. The highest BCUT2D eigenvalue weighted by atomic mass is 127. The van der Waals surface area contributed by atoms with Crippen LogP contribution in [0.2, 0.25) is 0 Å². The number of nitro benzene ring substituents is 2. The predicted molar refractivity (Wildman–Crippen MR) is 140 cm³/mol. The van der Waals surface area contributed by atoms with Crippen LogP contribution in [0.4, 0.5) is 22.7 Å². The van der Waals surface area contributed by atoms with Gasteiger partial charge in [-0.15, -0.1) is 5.10 Å². The van der Waals surface area contributed by atoms with Crippen LogP contribution in [0.1, 0.15) is 5.56 Å². The maximum absolute atomic E-state index is 12.1. The molecular formula is C19H13IN6O10S2. The van der Waals surface area contributed by atoms with Gasteiger partial charge in [0.2, 0.25) is 0 Å². The monoisotopic (exact) mass is 676 g/mol. The Morgan fingerprint density at radius 3 is 2.08 bits per heavy atom. The smallest absolute Gasteiger partial charge is 0.282 e. The molecule has 0 saturated heterocycles. The van der Waals surface area contributed by atoms with E-state index in [2.05, 4.69) is 10.5 Å². The van der Waals surface area contributed by atoms with Crippen molar-refractivity contribution in [1.82, 2.24) is 5.43 Å². The van der Waals surface area contributed by atoms with Crippen LogP contribution in [0.3, 0.4) is 0 Å². The number of hydrogen-bond acceptors (Lipinski definition) is 12. The lowest BCUT2D eigenvalue weighted by Gasteiger charge is -2.27. The molecule has 3 N–H and O–H groups in total. The molecule has 0 unspecified atom stereocenters. The lowest BCUT2D eigenvalue weighted by atomic mass is 10.2. The van der Waals surface area contributed by atoms with Crippen molar-refractivity contribution in [3.8, 4) is 0 Å². The molecule has 0 atom stereocenters. The number of benzene rings is 3. The van der Waals surface area contributed by atoms with Crippen molar-refractivity contribution >= 4 is 71.4 Å². The van der Waals surface area contributed by atoms with Gasteiger partial charge in [0.25, 0.3) is 25.9 Å². The fourth-order valence-corrected chi connectivity index (χ4v) is 5.02. The summed E-state index contributed by atoms with van der Waals surface area (Å²) in [6, 6.07) is 11.6. The van der Waals surface area contributed by atoms with E-state index in [-0.39, 0.29) is 17.1 Å². The third-order valence-corrected chi connectivity index (χ3v) is 7.49. The Hall–Kier alpha value is -3.92. The number of hydrogen-bond donors (Lipinski definition) is 3. The van der Waals surface area contributed by atoms with Crippen LogP contribution in [-0.4, -0.2) is 41.6 Å². The third-order valence-electron chi connectivity index (χ3n) is 5.03. The van der Waals surface area contributed by atoms with Crippen LogP contribution >= 0.6 is 22.6 Å². The molecule has 0 spiro atoms. The Kier molecular flexibility index (Phi) is 6.96. The molecule has 0 saturated carbocycles. The minimum absolute atomic E-state index is 0.235. The lowest BCUT2D eigenvalue weighted by Crippen LogP contribution is -2.45. The summed E-state index contributed by atoms with van der Waals surface area (Å²) in [6.45, 7) is 0. The van der Waals surface area contributed by atoms with Gasteiger partial charge in [0.15, 0.2) is 11.5 Å². The van der Waals surface area contributed by atoms with E-state index in [4.69, 9.17) is 0 Å². The van der Waals surface area contributed by atoms with E-state index in [9.17, 15) is 46.2 Å². The zero-order chi connectivity index (χ0) is 28.0. The van der Waals surface area contributed by atoms with Gasteiger partial charge in [0.1, 0.15) is 4.90 Å². The fraction of sp³-hybridized carbons (Fsp3) is 0. The topological polar surface area (TPSA) is 226 Å². The first-order valence-corrected chi connectivity index (χ1v) is 13.9. The van der Waals surface area contributed by atoms with Gasteiger partial charge < -0.3 is 0 Å². The second kappa shape index (κ2) is 9.75. The number of nitro groups is 2. The van der Waals surface area contributed by atoms with Crippen LogP contribution in [-0.2, 0) is 20.2 Å². The van der Waals surface area contributed by atoms with Crippen LogP contribution in [0, 0.1) is 23.8 Å². The van der Waals surface area contributed by atoms with Crippen LogP contribution in [0.15, 0.2) is 75.6 Å². The van der Waals surface area contributed by atoms with Crippen molar-refractivity contribution in [2.45, 2.75) is 9.79 Å². The number of halogens is 1. The molecular weight excluding hydrogens is 663 g/mol. The Balaban J connectivity index is 1.92. The highest BCUT2D eigenvalue weighted by molar-refractivity contribution is 14.1. The largest absolute Gasteiger partial charge is 0.303 e. The molecule has 3 aromatic rings. The van der Waals surface area contributed by atoms with E-state index in [1.165, 1.54) is 0 Å². The number of rotatable bonds is 7. The minimum Gasteiger partial charge on any atom is -0.282 e. The molecule has 4 rings (SSSR count). The molecule has 16 nitrogen and oxygen atoms in total. The van der Waals surface area contributed by atoms with E-state index in [1.54, 1.807) is 24.3 Å². The summed E-state index contributed by atoms with van der Waals surface area (Å²) in [5, 5.41) is 29.3. The van der Waals surface area contributed by atoms with Gasteiger partial charge in [-0.1, -0.05) is 0 Å². The van der Waals surface area contributed by atoms with Gasteiger partial charge >= 0.3 is 5.69 Å². The number of hydrazone groups is 1. The number of nitrogens with one attached hydrogen (secondary N) is 1. The van der Waals surface area contributed by atoms with E-state index >= 15 is 0 Å². The summed E-state index contributed by atoms with van der Waals surface area (Å²) in [5.41, 5.74) is 1.10. The Labute approximate surface area is 227 Å². The molecule has 38 heavy (non-hydrogen) atoms. The summed E-state index contributed by atoms with van der Waals surface area (Å²) in [5.74, 6) is -0.314. The average molecular weight is 676 g/mol. The fourth-order valence-electron chi connectivity index (χ4n) is 3.36. The highest BCUT2D eigenvalue weighted by Gasteiger charge is 2.35. The molecule has 0 aromatic heterocycles. The summed E-state index contributed by atoms with van der Waals surface area (Å²) in [4.78, 5) is 19.5. The van der Waals surface area contributed by atoms with Crippen molar-refractivity contribution < 1.29 is 35.8 Å². The van der Waals surface area contributed by atoms with Crippen molar-refractivity contribution in [2.24, 2.45) is 5.10 Å². The summed E-state index contributed by atoms with van der Waals surface area (Å²) < 4.78 is 67.1. The third kappa shape index (κ3) is 5.35. The minimum atomic E-state index is -5.08. The molecule has 198 valence electrons. The van der Waals surface area contributed by atoms with Gasteiger partial charge in [0.05, 0.1) is 26.5 Å². The van der Waals surface area contributed by atoms with E-state index < -0.39 is 51.2 Å². The second-order valence-corrected chi connectivity index (χ2v) is 11.5. The van der Waals surface area contributed by atoms with Crippen LogP contribution < -0.4 is 15.7 Å². The van der Waals surface area contributed by atoms with Gasteiger partial charge in [-0.2, -0.15) is 27.1 Å². The lowest BCUT2D eigenvalue weighted by molar-refractivity contribution is -0.393. The molecule has 0 aliphatic carbocycles. The molecule has 0 amide bonds. The first-order chi connectivity index (χ1) is 17.7. The van der Waals surface area contributed by atoms with Crippen molar-refractivity contribution in [1.29, 1.82) is 0 Å². The van der Waals surface area contributed by atoms with Crippen molar-refractivity contribution in [3.63, 3.8) is 0 Å². The summed E-state index contributed by atoms with van der Waals surface area (Å²) >= 11 is 2.04. The molecule has 1 heterocycles. The molecule has 3 aromatic carbocycles. The Morgan fingerprint density at radius 1 is 0.868 bits per heavy atom. The van der Waals surface area contributed by atoms with Crippen LogP contribution in [0.5, 0.6) is 0 Å². The molecule has 19 heteroatoms. The second-order valence-electron chi connectivity index (χ2n) is 7.43. The zero-order valence-corrected chi connectivity index (χ0v) is 22.2. The van der Waals surface area contributed by atoms with E-state index in [0.29, 0.717) is 11.8 Å². The molecule has 1 aliphatic rings. The Bertz CT molecular complexity index is 1730. The first kappa shape index (κ1) is 27.1. The number of anilines is 2. The van der Waals surface area contributed by atoms with Gasteiger partial charge in [-0.25, -0.2) is 0 Å². The number of amidine groups is 1. The maximum Gasteiger partial charge on any atom is 0.303 e. The number of non-ortho nitro benzene ring substituents is 1. The van der Waals surface area contributed by atoms with Gasteiger partial charge in [0, 0.05) is 15.2 Å². The highest BCUT2D eigenvalue weighted by Crippen LogP contribution is 2.36. The molecule has 0 bridgehead atoms. The first-order valence-electron chi connectivity index (χ1n) is 9.90. The van der Waals surface area contributed by atoms with Gasteiger partial charge in [-0.3, -0.25) is 34.8 Å². The van der Waals surface area contributed by atoms with Crippen molar-refractivity contribution in [2.75, 3.05) is 10.2 Å². The summed E-state index contributed by atoms with van der Waals surface area (Å²) in [7, 11) is -9.93. The van der Waals surface area contributed by atoms with E-state index in [0.717, 1.165) is 44.1 Å². The molecule has 1 aliphatic heterocycles. The SMILES string of the molecule is O=[N+]([O-])c1ccc(N2NC(c3ccc(S(=O)(=O)O)cc3S(=O)(=O)O)=NN2c2ccc(I)cc2)c([N+](=O)[O-])c1. The molecule has 0 fully saturated rings. The normalized spacial score (nSPS) is 13.7. The summed E-state index contributed by atoms with van der Waals surface area (Å²) in [6.07, 6.45) is 0. The Morgan fingerprint density at radius 2 is 1.53 bits per heavy atom.